The van der Waals surface area contributed by atoms with Gasteiger partial charge in [-0.3, -0.25) is 4.79 Å². The van der Waals surface area contributed by atoms with E-state index < -0.39 is 0 Å². The molecule has 0 aliphatic heterocycles. The van der Waals surface area contributed by atoms with Gasteiger partial charge in [0.2, 0.25) is 0 Å². The average Bonchev–Trinajstić information content (AvgIpc) is 2.14. The minimum Gasteiger partial charge on any atom is -0.337 e. The van der Waals surface area contributed by atoms with Gasteiger partial charge in [-0.15, -0.1) is 0 Å². The summed E-state index contributed by atoms with van der Waals surface area (Å²) in [4.78, 5) is 12.4. The van der Waals surface area contributed by atoms with Gasteiger partial charge < -0.3 is 4.90 Å². The molecule has 2 nitrogen and oxygen atoms in total. The van der Waals surface area contributed by atoms with Crippen LogP contribution in [0.5, 0.6) is 0 Å². The maximum Gasteiger partial charge on any atom is 0.278 e. The molecule has 0 unspecified atom stereocenters. The number of likely N-dealkylation sites (N-methyl/N-ethyl adjacent to an activating group) is 1. The van der Waals surface area contributed by atoms with E-state index in [9.17, 15) is 4.79 Å². The van der Waals surface area contributed by atoms with Crippen LogP contribution in [0.4, 0.5) is 4.79 Å². The summed E-state index contributed by atoms with van der Waals surface area (Å²) in [7, 11) is 1.76. The molecular formula is C11H15NOS. The first-order valence-electron chi connectivity index (χ1n) is 4.59. The number of nitrogens with zero attached hydrogens (tertiary/aromatic N) is 1. The molecule has 0 saturated heterocycles. The molecule has 1 amide bonds. The standard InChI is InChI=1S/C11H15NOS/c1-9-4-3-5-10(8-9)6-7-12(2)11(13)14/h3-5,8H,6-7H2,1-2H3,(H,13,14). The van der Waals surface area contributed by atoms with Gasteiger partial charge in [-0.25, -0.2) is 0 Å². The third kappa shape index (κ3) is 3.42. The lowest BCUT2D eigenvalue weighted by molar-refractivity contribution is 0.234. The lowest BCUT2D eigenvalue weighted by Crippen LogP contribution is -2.23. The van der Waals surface area contributed by atoms with E-state index in [0.29, 0.717) is 6.54 Å². The van der Waals surface area contributed by atoms with Crippen LogP contribution in [-0.2, 0) is 6.42 Å². The summed E-state index contributed by atoms with van der Waals surface area (Å²) in [5.74, 6) is 0. The van der Waals surface area contributed by atoms with Crippen LogP contribution < -0.4 is 0 Å². The minimum atomic E-state index is -0.183. The Kier molecular flexibility index (Phi) is 4.01. The molecule has 0 saturated carbocycles. The van der Waals surface area contributed by atoms with Gasteiger partial charge in [0.1, 0.15) is 0 Å². The molecule has 0 aliphatic rings. The van der Waals surface area contributed by atoms with Crippen molar-refractivity contribution in [3.05, 3.63) is 35.4 Å². The van der Waals surface area contributed by atoms with E-state index in [4.69, 9.17) is 0 Å². The van der Waals surface area contributed by atoms with Crippen molar-refractivity contribution in [2.75, 3.05) is 13.6 Å². The van der Waals surface area contributed by atoms with Crippen LogP contribution in [0.3, 0.4) is 0 Å². The topological polar surface area (TPSA) is 20.3 Å². The molecule has 3 heteroatoms. The summed E-state index contributed by atoms with van der Waals surface area (Å²) in [5, 5.41) is -0.183. The maximum atomic E-state index is 10.8. The van der Waals surface area contributed by atoms with Crippen LogP contribution in [-0.4, -0.2) is 23.7 Å². The van der Waals surface area contributed by atoms with Crippen molar-refractivity contribution in [2.24, 2.45) is 0 Å². The predicted molar refractivity (Wildman–Crippen MR) is 61.9 cm³/mol. The zero-order valence-corrected chi connectivity index (χ0v) is 9.42. The molecule has 1 rings (SSSR count). The summed E-state index contributed by atoms with van der Waals surface area (Å²) in [6.07, 6.45) is 0.879. The second kappa shape index (κ2) is 5.05. The third-order valence-corrected chi connectivity index (χ3v) is 2.49. The van der Waals surface area contributed by atoms with Crippen molar-refractivity contribution >= 4 is 17.9 Å². The molecule has 14 heavy (non-hydrogen) atoms. The zero-order chi connectivity index (χ0) is 10.6. The van der Waals surface area contributed by atoms with Crippen molar-refractivity contribution in [1.82, 2.24) is 4.90 Å². The van der Waals surface area contributed by atoms with E-state index in [1.165, 1.54) is 11.1 Å². The van der Waals surface area contributed by atoms with Crippen molar-refractivity contribution in [1.29, 1.82) is 0 Å². The van der Waals surface area contributed by atoms with Gasteiger partial charge in [0, 0.05) is 13.6 Å². The summed E-state index contributed by atoms with van der Waals surface area (Å²) in [6.45, 7) is 2.78. The van der Waals surface area contributed by atoms with Crippen molar-refractivity contribution in [2.45, 2.75) is 13.3 Å². The first kappa shape index (κ1) is 11.1. The van der Waals surface area contributed by atoms with Crippen molar-refractivity contribution < 1.29 is 4.79 Å². The van der Waals surface area contributed by atoms with E-state index in [1.807, 2.05) is 6.07 Å². The Morgan fingerprint density at radius 1 is 1.50 bits per heavy atom. The summed E-state index contributed by atoms with van der Waals surface area (Å²) in [6, 6.07) is 8.31. The molecule has 0 N–H and O–H groups in total. The minimum absolute atomic E-state index is 0.183. The highest BCUT2D eigenvalue weighted by molar-refractivity contribution is 7.96. The Morgan fingerprint density at radius 2 is 2.21 bits per heavy atom. The summed E-state index contributed by atoms with van der Waals surface area (Å²) >= 11 is 3.75. The first-order chi connectivity index (χ1) is 6.59. The Bertz CT molecular complexity index is 325. The molecule has 0 heterocycles. The average molecular weight is 209 g/mol. The molecule has 0 spiro atoms. The zero-order valence-electron chi connectivity index (χ0n) is 8.53. The Morgan fingerprint density at radius 3 is 2.79 bits per heavy atom. The molecule has 0 atom stereocenters. The molecule has 76 valence electrons. The number of hydrogen-bond donors (Lipinski definition) is 1. The Hall–Kier alpha value is -0.960. The highest BCUT2D eigenvalue weighted by atomic mass is 32.1. The van der Waals surface area contributed by atoms with Gasteiger partial charge in [0.25, 0.3) is 5.24 Å². The fourth-order valence-electron chi connectivity index (χ4n) is 1.26. The monoisotopic (exact) mass is 209 g/mol. The lowest BCUT2D eigenvalue weighted by Gasteiger charge is -2.13. The van der Waals surface area contributed by atoms with E-state index in [-0.39, 0.29) is 5.24 Å². The van der Waals surface area contributed by atoms with Gasteiger partial charge in [-0.2, -0.15) is 0 Å². The van der Waals surface area contributed by atoms with E-state index in [1.54, 1.807) is 11.9 Å². The van der Waals surface area contributed by atoms with E-state index >= 15 is 0 Å². The number of carbonyl (C=O) groups is 1. The summed E-state index contributed by atoms with van der Waals surface area (Å²) < 4.78 is 0. The normalized spacial score (nSPS) is 9.93. The number of benzene rings is 1. The number of thiol groups is 1. The molecule has 1 aromatic carbocycles. The number of amides is 1. The van der Waals surface area contributed by atoms with E-state index in [0.717, 1.165) is 6.42 Å². The highest BCUT2D eigenvalue weighted by Crippen LogP contribution is 2.05. The fourth-order valence-corrected chi connectivity index (χ4v) is 1.36. The first-order valence-corrected chi connectivity index (χ1v) is 5.04. The molecular weight excluding hydrogens is 194 g/mol. The van der Waals surface area contributed by atoms with Crippen LogP contribution in [0.2, 0.25) is 0 Å². The molecule has 0 bridgehead atoms. The van der Waals surface area contributed by atoms with Gasteiger partial charge >= 0.3 is 0 Å². The van der Waals surface area contributed by atoms with Crippen LogP contribution >= 0.6 is 12.6 Å². The molecule has 0 fully saturated rings. The van der Waals surface area contributed by atoms with Gasteiger partial charge in [0.15, 0.2) is 0 Å². The quantitative estimate of drug-likeness (QED) is 0.758. The van der Waals surface area contributed by atoms with Crippen LogP contribution in [0, 0.1) is 6.92 Å². The van der Waals surface area contributed by atoms with Crippen LogP contribution in [0.1, 0.15) is 11.1 Å². The Labute approximate surface area is 90.3 Å². The third-order valence-electron chi connectivity index (χ3n) is 2.14. The van der Waals surface area contributed by atoms with Crippen molar-refractivity contribution in [3.8, 4) is 0 Å². The van der Waals surface area contributed by atoms with Crippen LogP contribution in [0.25, 0.3) is 0 Å². The number of rotatable bonds is 3. The Balaban J connectivity index is 2.49. The smallest absolute Gasteiger partial charge is 0.278 e. The highest BCUT2D eigenvalue weighted by Gasteiger charge is 2.02. The second-order valence-electron chi connectivity index (χ2n) is 3.44. The number of hydrogen-bond acceptors (Lipinski definition) is 1. The van der Waals surface area contributed by atoms with Crippen LogP contribution in [0.15, 0.2) is 24.3 Å². The largest absolute Gasteiger partial charge is 0.337 e. The second-order valence-corrected chi connectivity index (χ2v) is 3.83. The molecule has 0 aliphatic carbocycles. The predicted octanol–water partition coefficient (Wildman–Crippen LogP) is 2.52. The van der Waals surface area contributed by atoms with E-state index in [2.05, 4.69) is 37.8 Å². The van der Waals surface area contributed by atoms with Gasteiger partial charge in [-0.05, 0) is 18.9 Å². The SMILES string of the molecule is Cc1cccc(CCN(C)C(=O)S)c1. The maximum absolute atomic E-state index is 10.8. The number of carbonyl (C=O) groups excluding carboxylic acids is 1. The van der Waals surface area contributed by atoms with Gasteiger partial charge in [-0.1, -0.05) is 42.5 Å². The number of aryl methyl sites for hydroxylation is 1. The van der Waals surface area contributed by atoms with Gasteiger partial charge in [0.05, 0.1) is 0 Å². The van der Waals surface area contributed by atoms with Crippen molar-refractivity contribution in [3.63, 3.8) is 0 Å². The lowest BCUT2D eigenvalue weighted by atomic mass is 10.1. The molecule has 0 radical (unpaired) electrons. The fraction of sp³-hybridized carbons (Fsp3) is 0.364. The molecule has 1 aromatic rings. The summed E-state index contributed by atoms with van der Waals surface area (Å²) in [5.41, 5.74) is 2.51. The molecule has 0 aromatic heterocycles.